The Labute approximate surface area is 106 Å². The molecule has 0 aliphatic carbocycles. The molecular weight excluding hydrogens is 268 g/mol. The first-order valence-electron chi connectivity index (χ1n) is 5.16. The van der Waals surface area contributed by atoms with Crippen LogP contribution < -0.4 is 10.6 Å². The highest BCUT2D eigenvalue weighted by Gasteiger charge is 2.17. The first-order chi connectivity index (χ1) is 7.27. The van der Waals surface area contributed by atoms with Gasteiger partial charge in [-0.1, -0.05) is 18.2 Å². The summed E-state index contributed by atoms with van der Waals surface area (Å²) in [5.41, 5.74) is 6.69. The van der Waals surface area contributed by atoms with Gasteiger partial charge < -0.3 is 15.5 Å². The van der Waals surface area contributed by atoms with Crippen LogP contribution in [0.25, 0.3) is 0 Å². The van der Waals surface area contributed by atoms with Crippen LogP contribution in [0.2, 0.25) is 0 Å². The third-order valence-electron chi connectivity index (χ3n) is 2.74. The molecule has 2 rings (SSSR count). The van der Waals surface area contributed by atoms with Crippen LogP contribution >= 0.6 is 17.0 Å². The molecular formula is C11H17BrN4. The second kappa shape index (κ2) is 5.75. The molecule has 4 nitrogen and oxygen atoms in total. The number of hydrogen-bond donors (Lipinski definition) is 2. The van der Waals surface area contributed by atoms with Crippen molar-refractivity contribution in [2.24, 2.45) is 5.73 Å². The van der Waals surface area contributed by atoms with Crippen LogP contribution in [0.4, 0.5) is 5.69 Å². The highest BCUT2D eigenvalue weighted by atomic mass is 79.9. The number of halogens is 1. The fourth-order valence-electron chi connectivity index (χ4n) is 1.84. The van der Waals surface area contributed by atoms with Crippen LogP contribution in [0, 0.1) is 5.41 Å². The lowest BCUT2D eigenvalue weighted by molar-refractivity contribution is 0.380. The smallest absolute Gasteiger partial charge is 0.188 e. The number of para-hydroxylation sites is 1. The molecule has 3 N–H and O–H groups in total. The minimum atomic E-state index is 0. The fourth-order valence-corrected chi connectivity index (χ4v) is 1.84. The predicted molar refractivity (Wildman–Crippen MR) is 72.5 cm³/mol. The average molecular weight is 285 g/mol. The molecule has 5 heteroatoms. The Morgan fingerprint density at radius 3 is 2.12 bits per heavy atom. The minimum absolute atomic E-state index is 0. The number of nitrogens with one attached hydrogen (secondary N) is 1. The minimum Gasteiger partial charge on any atom is -0.370 e. The van der Waals surface area contributed by atoms with E-state index in [-0.39, 0.29) is 22.9 Å². The Morgan fingerprint density at radius 1 is 1.06 bits per heavy atom. The normalized spacial score (nSPS) is 15.5. The first-order valence-corrected chi connectivity index (χ1v) is 5.16. The van der Waals surface area contributed by atoms with Gasteiger partial charge in [-0.05, 0) is 12.1 Å². The van der Waals surface area contributed by atoms with E-state index in [0.717, 1.165) is 26.2 Å². The number of hydrogen-bond acceptors (Lipinski definition) is 2. The van der Waals surface area contributed by atoms with Gasteiger partial charge in [0.25, 0.3) is 0 Å². The standard InChI is InChI=1S/C11H16N4.BrH/c12-11(13)15-8-6-14(7-9-15)10-4-2-1-3-5-10;/h1-5H,6-9H2,(H3,12,13);1H. The maximum atomic E-state index is 7.34. The highest BCUT2D eigenvalue weighted by molar-refractivity contribution is 8.93. The summed E-state index contributed by atoms with van der Waals surface area (Å²) in [4.78, 5) is 4.22. The first kappa shape index (κ1) is 12.8. The molecule has 0 amide bonds. The number of piperazine rings is 1. The number of benzene rings is 1. The molecule has 1 aromatic carbocycles. The SMILES string of the molecule is Br.N=C(N)N1CCN(c2ccccc2)CC1. The van der Waals surface area contributed by atoms with Crippen molar-refractivity contribution in [2.75, 3.05) is 31.1 Å². The van der Waals surface area contributed by atoms with Crippen LogP contribution in [0.5, 0.6) is 0 Å². The molecule has 0 spiro atoms. The molecule has 1 aliphatic rings. The monoisotopic (exact) mass is 284 g/mol. The second-order valence-corrected chi connectivity index (χ2v) is 3.69. The molecule has 0 aromatic heterocycles. The fraction of sp³-hybridized carbons (Fsp3) is 0.364. The molecule has 1 saturated heterocycles. The number of guanidine groups is 1. The molecule has 1 aromatic rings. The van der Waals surface area contributed by atoms with Crippen molar-refractivity contribution >= 4 is 28.6 Å². The zero-order valence-electron chi connectivity index (χ0n) is 9.10. The lowest BCUT2D eigenvalue weighted by Gasteiger charge is -2.36. The van der Waals surface area contributed by atoms with Crippen molar-refractivity contribution in [3.63, 3.8) is 0 Å². The maximum Gasteiger partial charge on any atom is 0.188 e. The summed E-state index contributed by atoms with van der Waals surface area (Å²) in [6, 6.07) is 10.3. The largest absolute Gasteiger partial charge is 0.370 e. The van der Waals surface area contributed by atoms with Crippen molar-refractivity contribution in [3.8, 4) is 0 Å². The van der Waals surface area contributed by atoms with Gasteiger partial charge in [-0.15, -0.1) is 17.0 Å². The number of anilines is 1. The van der Waals surface area contributed by atoms with Gasteiger partial charge in [-0.25, -0.2) is 0 Å². The summed E-state index contributed by atoms with van der Waals surface area (Å²) in [7, 11) is 0. The van der Waals surface area contributed by atoms with Crippen LogP contribution in [-0.4, -0.2) is 37.0 Å². The molecule has 1 aliphatic heterocycles. The zero-order chi connectivity index (χ0) is 10.7. The number of rotatable bonds is 1. The Balaban J connectivity index is 0.00000128. The third kappa shape index (κ3) is 2.88. The van der Waals surface area contributed by atoms with Gasteiger partial charge in [0, 0.05) is 31.9 Å². The van der Waals surface area contributed by atoms with Gasteiger partial charge in [0.15, 0.2) is 5.96 Å². The Bertz CT molecular complexity index is 333. The van der Waals surface area contributed by atoms with E-state index in [1.807, 2.05) is 23.1 Å². The summed E-state index contributed by atoms with van der Waals surface area (Å²) in [5.74, 6) is 0.183. The number of nitrogens with zero attached hydrogens (tertiary/aromatic N) is 2. The molecule has 0 atom stereocenters. The van der Waals surface area contributed by atoms with Crippen LogP contribution in [0.15, 0.2) is 30.3 Å². The summed E-state index contributed by atoms with van der Waals surface area (Å²) in [5, 5.41) is 7.34. The van der Waals surface area contributed by atoms with E-state index in [1.165, 1.54) is 5.69 Å². The predicted octanol–water partition coefficient (Wildman–Crippen LogP) is 1.28. The lowest BCUT2D eigenvalue weighted by atomic mass is 10.2. The van der Waals surface area contributed by atoms with Crippen LogP contribution in [-0.2, 0) is 0 Å². The topological polar surface area (TPSA) is 56.4 Å². The van der Waals surface area contributed by atoms with E-state index in [4.69, 9.17) is 11.1 Å². The maximum absolute atomic E-state index is 7.34. The summed E-state index contributed by atoms with van der Waals surface area (Å²) < 4.78 is 0. The average Bonchev–Trinajstić information content (AvgIpc) is 2.30. The van der Waals surface area contributed by atoms with Crippen LogP contribution in [0.1, 0.15) is 0 Å². The summed E-state index contributed by atoms with van der Waals surface area (Å²) in [6.45, 7) is 3.54. The van der Waals surface area contributed by atoms with Crippen molar-refractivity contribution in [3.05, 3.63) is 30.3 Å². The zero-order valence-corrected chi connectivity index (χ0v) is 10.8. The van der Waals surface area contributed by atoms with Crippen molar-refractivity contribution < 1.29 is 0 Å². The Hall–Kier alpha value is -1.23. The molecule has 1 fully saturated rings. The Morgan fingerprint density at radius 2 is 1.62 bits per heavy atom. The van der Waals surface area contributed by atoms with E-state index in [9.17, 15) is 0 Å². The van der Waals surface area contributed by atoms with Gasteiger partial charge >= 0.3 is 0 Å². The van der Waals surface area contributed by atoms with Crippen LogP contribution in [0.3, 0.4) is 0 Å². The van der Waals surface area contributed by atoms with E-state index >= 15 is 0 Å². The third-order valence-corrected chi connectivity index (χ3v) is 2.74. The molecule has 0 saturated carbocycles. The molecule has 0 unspecified atom stereocenters. The molecule has 1 heterocycles. The highest BCUT2D eigenvalue weighted by Crippen LogP contribution is 2.14. The summed E-state index contributed by atoms with van der Waals surface area (Å²) in [6.07, 6.45) is 0. The van der Waals surface area contributed by atoms with E-state index < -0.39 is 0 Å². The van der Waals surface area contributed by atoms with Gasteiger partial charge in [-0.2, -0.15) is 0 Å². The summed E-state index contributed by atoms with van der Waals surface area (Å²) >= 11 is 0. The lowest BCUT2D eigenvalue weighted by Crippen LogP contribution is -2.50. The van der Waals surface area contributed by atoms with E-state index in [1.54, 1.807) is 0 Å². The van der Waals surface area contributed by atoms with Crippen molar-refractivity contribution in [2.45, 2.75) is 0 Å². The van der Waals surface area contributed by atoms with Crippen molar-refractivity contribution in [1.29, 1.82) is 5.41 Å². The molecule has 0 radical (unpaired) electrons. The van der Waals surface area contributed by atoms with Gasteiger partial charge in [-0.3, -0.25) is 5.41 Å². The van der Waals surface area contributed by atoms with Gasteiger partial charge in [0.05, 0.1) is 0 Å². The Kier molecular flexibility index (Phi) is 4.61. The van der Waals surface area contributed by atoms with Gasteiger partial charge in [0.2, 0.25) is 0 Å². The molecule has 16 heavy (non-hydrogen) atoms. The molecule has 88 valence electrons. The van der Waals surface area contributed by atoms with Gasteiger partial charge in [0.1, 0.15) is 0 Å². The quantitative estimate of drug-likeness (QED) is 0.603. The van der Waals surface area contributed by atoms with E-state index in [0.29, 0.717) is 0 Å². The van der Waals surface area contributed by atoms with E-state index in [2.05, 4.69) is 17.0 Å². The number of nitrogens with two attached hydrogens (primary N) is 1. The van der Waals surface area contributed by atoms with Crippen molar-refractivity contribution in [1.82, 2.24) is 4.90 Å². The molecule has 0 bridgehead atoms. The second-order valence-electron chi connectivity index (χ2n) is 3.69.